The summed E-state index contributed by atoms with van der Waals surface area (Å²) in [6.07, 6.45) is 8.85. The summed E-state index contributed by atoms with van der Waals surface area (Å²) < 4.78 is 5.56. The number of carbonyl (C=O) groups is 2. The van der Waals surface area contributed by atoms with Gasteiger partial charge in [-0.15, -0.1) is 0 Å². The summed E-state index contributed by atoms with van der Waals surface area (Å²) in [4.78, 5) is 31.9. The standard InChI is InChI=1S/C25H31N3O3/c29-23(28-12-2-1-3-13-28)19-27-24(30)25(9-14-31-15-10-25)17-20-6-4-7-21(16-20)22-8-5-11-26-18-22/h4-8,11,16,18H,1-3,9-10,12-15,17,19H2,(H,27,30). The summed E-state index contributed by atoms with van der Waals surface area (Å²) in [5.41, 5.74) is 2.71. The molecule has 0 saturated carbocycles. The molecule has 3 heterocycles. The maximum absolute atomic E-state index is 13.3. The van der Waals surface area contributed by atoms with Gasteiger partial charge in [0.2, 0.25) is 11.8 Å². The number of aromatic nitrogens is 1. The number of nitrogens with zero attached hydrogens (tertiary/aromatic N) is 2. The van der Waals surface area contributed by atoms with E-state index in [1.165, 1.54) is 6.42 Å². The van der Waals surface area contributed by atoms with E-state index in [4.69, 9.17) is 4.74 Å². The highest BCUT2D eigenvalue weighted by Crippen LogP contribution is 2.35. The second kappa shape index (κ2) is 10.1. The van der Waals surface area contributed by atoms with E-state index < -0.39 is 5.41 Å². The maximum atomic E-state index is 13.3. The number of amides is 2. The van der Waals surface area contributed by atoms with Crippen LogP contribution >= 0.6 is 0 Å². The van der Waals surface area contributed by atoms with Gasteiger partial charge in [-0.05, 0) is 61.3 Å². The molecule has 31 heavy (non-hydrogen) atoms. The predicted octanol–water partition coefficient (Wildman–Crippen LogP) is 3.22. The van der Waals surface area contributed by atoms with Crippen molar-refractivity contribution in [3.8, 4) is 11.1 Å². The minimum atomic E-state index is -0.548. The summed E-state index contributed by atoms with van der Waals surface area (Å²) in [5.74, 6) is -0.0122. The van der Waals surface area contributed by atoms with Crippen molar-refractivity contribution >= 4 is 11.8 Å². The first kappa shape index (κ1) is 21.5. The van der Waals surface area contributed by atoms with Crippen LogP contribution in [0.25, 0.3) is 11.1 Å². The zero-order valence-corrected chi connectivity index (χ0v) is 18.0. The van der Waals surface area contributed by atoms with Gasteiger partial charge in [-0.1, -0.05) is 30.3 Å². The van der Waals surface area contributed by atoms with Crippen molar-refractivity contribution in [2.75, 3.05) is 32.8 Å². The number of benzene rings is 1. The molecular weight excluding hydrogens is 390 g/mol. The van der Waals surface area contributed by atoms with Crippen LogP contribution in [-0.2, 0) is 20.7 Å². The maximum Gasteiger partial charge on any atom is 0.241 e. The molecule has 2 aliphatic heterocycles. The average Bonchev–Trinajstić information content (AvgIpc) is 2.84. The Kier molecular flexibility index (Phi) is 6.97. The van der Waals surface area contributed by atoms with Gasteiger partial charge < -0.3 is 15.0 Å². The highest BCUT2D eigenvalue weighted by Gasteiger charge is 2.40. The third-order valence-corrected chi connectivity index (χ3v) is 6.50. The molecule has 0 unspecified atom stereocenters. The molecule has 0 aliphatic carbocycles. The number of likely N-dealkylation sites (tertiary alicyclic amines) is 1. The van der Waals surface area contributed by atoms with E-state index in [1.54, 1.807) is 6.20 Å². The van der Waals surface area contributed by atoms with Crippen LogP contribution < -0.4 is 5.32 Å². The van der Waals surface area contributed by atoms with E-state index in [1.807, 2.05) is 29.3 Å². The quantitative estimate of drug-likeness (QED) is 0.777. The average molecular weight is 422 g/mol. The van der Waals surface area contributed by atoms with Crippen molar-refractivity contribution < 1.29 is 14.3 Å². The number of hydrogen-bond donors (Lipinski definition) is 1. The number of ether oxygens (including phenoxy) is 1. The minimum Gasteiger partial charge on any atom is -0.381 e. The Balaban J connectivity index is 1.46. The van der Waals surface area contributed by atoms with E-state index in [-0.39, 0.29) is 18.4 Å². The molecule has 4 rings (SSSR count). The van der Waals surface area contributed by atoms with Gasteiger partial charge in [-0.25, -0.2) is 0 Å². The van der Waals surface area contributed by atoms with E-state index in [0.29, 0.717) is 32.5 Å². The SMILES string of the molecule is O=C(CNC(=O)C1(Cc2cccc(-c3cccnc3)c2)CCOCC1)N1CCCCC1. The Morgan fingerprint density at radius 3 is 2.55 bits per heavy atom. The number of nitrogens with one attached hydrogen (secondary N) is 1. The third kappa shape index (κ3) is 5.31. The number of carbonyl (C=O) groups excluding carboxylic acids is 2. The lowest BCUT2D eigenvalue weighted by Crippen LogP contribution is -2.49. The van der Waals surface area contributed by atoms with Crippen molar-refractivity contribution in [1.29, 1.82) is 0 Å². The van der Waals surface area contributed by atoms with Crippen molar-refractivity contribution in [3.63, 3.8) is 0 Å². The lowest BCUT2D eigenvalue weighted by atomic mass is 9.74. The van der Waals surface area contributed by atoms with Gasteiger partial charge in [0.1, 0.15) is 0 Å². The van der Waals surface area contributed by atoms with Gasteiger partial charge in [0.25, 0.3) is 0 Å². The van der Waals surface area contributed by atoms with Gasteiger partial charge in [0, 0.05) is 38.7 Å². The fraction of sp³-hybridized carbons (Fsp3) is 0.480. The fourth-order valence-corrected chi connectivity index (χ4v) is 4.63. The van der Waals surface area contributed by atoms with Crippen LogP contribution in [0.2, 0.25) is 0 Å². The van der Waals surface area contributed by atoms with Crippen LogP contribution in [0.4, 0.5) is 0 Å². The van der Waals surface area contributed by atoms with Gasteiger partial charge in [-0.3, -0.25) is 14.6 Å². The number of piperidine rings is 1. The van der Waals surface area contributed by atoms with E-state index >= 15 is 0 Å². The molecule has 0 radical (unpaired) electrons. The lowest BCUT2D eigenvalue weighted by Gasteiger charge is -2.36. The molecule has 2 fully saturated rings. The summed E-state index contributed by atoms with van der Waals surface area (Å²) in [6, 6.07) is 12.3. The van der Waals surface area contributed by atoms with E-state index in [9.17, 15) is 9.59 Å². The van der Waals surface area contributed by atoms with Crippen molar-refractivity contribution in [3.05, 3.63) is 54.4 Å². The summed E-state index contributed by atoms with van der Waals surface area (Å²) in [7, 11) is 0. The van der Waals surface area contributed by atoms with Crippen molar-refractivity contribution in [1.82, 2.24) is 15.2 Å². The largest absolute Gasteiger partial charge is 0.381 e. The second-order valence-electron chi connectivity index (χ2n) is 8.64. The molecule has 6 nitrogen and oxygen atoms in total. The van der Waals surface area contributed by atoms with E-state index in [0.717, 1.165) is 42.6 Å². The van der Waals surface area contributed by atoms with Crippen LogP contribution in [0.5, 0.6) is 0 Å². The number of hydrogen-bond acceptors (Lipinski definition) is 4. The topological polar surface area (TPSA) is 71.5 Å². The summed E-state index contributed by atoms with van der Waals surface area (Å²) in [5, 5.41) is 2.96. The Hall–Kier alpha value is -2.73. The van der Waals surface area contributed by atoms with Gasteiger partial charge in [-0.2, -0.15) is 0 Å². The number of rotatable bonds is 6. The highest BCUT2D eigenvalue weighted by atomic mass is 16.5. The molecule has 2 aliphatic rings. The van der Waals surface area contributed by atoms with E-state index in [2.05, 4.69) is 28.5 Å². The molecule has 2 amide bonds. The summed E-state index contributed by atoms with van der Waals surface area (Å²) in [6.45, 7) is 2.81. The zero-order chi connectivity index (χ0) is 21.5. The monoisotopic (exact) mass is 421 g/mol. The molecule has 2 aromatic rings. The van der Waals surface area contributed by atoms with Crippen LogP contribution in [0.3, 0.4) is 0 Å². The second-order valence-corrected chi connectivity index (χ2v) is 8.64. The smallest absolute Gasteiger partial charge is 0.241 e. The third-order valence-electron chi connectivity index (χ3n) is 6.50. The molecule has 1 aromatic heterocycles. The van der Waals surface area contributed by atoms with Crippen LogP contribution in [0, 0.1) is 5.41 Å². The lowest BCUT2D eigenvalue weighted by molar-refractivity contribution is -0.140. The van der Waals surface area contributed by atoms with Crippen molar-refractivity contribution in [2.45, 2.75) is 38.5 Å². The molecule has 0 atom stereocenters. The molecular formula is C25H31N3O3. The predicted molar refractivity (Wildman–Crippen MR) is 119 cm³/mol. The van der Waals surface area contributed by atoms with Crippen molar-refractivity contribution in [2.24, 2.45) is 5.41 Å². The van der Waals surface area contributed by atoms with Gasteiger partial charge >= 0.3 is 0 Å². The Bertz CT molecular complexity index is 888. The van der Waals surface area contributed by atoms with Crippen LogP contribution in [0.1, 0.15) is 37.7 Å². The summed E-state index contributed by atoms with van der Waals surface area (Å²) >= 11 is 0. The fourth-order valence-electron chi connectivity index (χ4n) is 4.63. The molecule has 0 spiro atoms. The molecule has 2 saturated heterocycles. The molecule has 1 N–H and O–H groups in total. The molecule has 1 aromatic carbocycles. The highest BCUT2D eigenvalue weighted by molar-refractivity contribution is 5.88. The normalized spacial score (nSPS) is 18.4. The van der Waals surface area contributed by atoms with Crippen LogP contribution in [0.15, 0.2) is 48.8 Å². The first-order chi connectivity index (χ1) is 15.2. The van der Waals surface area contributed by atoms with Crippen LogP contribution in [-0.4, -0.2) is 54.5 Å². The molecule has 164 valence electrons. The van der Waals surface area contributed by atoms with Gasteiger partial charge in [0.15, 0.2) is 0 Å². The molecule has 6 heteroatoms. The first-order valence-electron chi connectivity index (χ1n) is 11.3. The zero-order valence-electron chi connectivity index (χ0n) is 18.0. The minimum absolute atomic E-state index is 0.0221. The first-order valence-corrected chi connectivity index (χ1v) is 11.3. The Morgan fingerprint density at radius 2 is 1.81 bits per heavy atom. The number of pyridine rings is 1. The Morgan fingerprint density at radius 1 is 1.03 bits per heavy atom. The molecule has 0 bridgehead atoms. The van der Waals surface area contributed by atoms with Gasteiger partial charge in [0.05, 0.1) is 12.0 Å². The Labute approximate surface area is 184 Å².